The molecule has 1 amide bonds. The van der Waals surface area contributed by atoms with Gasteiger partial charge in [-0.2, -0.15) is 0 Å². The highest BCUT2D eigenvalue weighted by Gasteiger charge is 2.32. The molecular weight excluding hydrogens is 354 g/mol. The molecule has 2 aliphatic heterocycles. The first-order valence-electron chi connectivity index (χ1n) is 9.30. The normalized spacial score (nSPS) is 15.2. The maximum atomic E-state index is 12.3. The Labute approximate surface area is 163 Å². The molecule has 0 bridgehead atoms. The van der Waals surface area contributed by atoms with Gasteiger partial charge in [0.2, 0.25) is 5.91 Å². The van der Waals surface area contributed by atoms with Crippen LogP contribution >= 0.6 is 11.3 Å². The number of rotatable bonds is 3. The van der Waals surface area contributed by atoms with Crippen molar-refractivity contribution in [2.24, 2.45) is 0 Å². The second kappa shape index (κ2) is 6.20. The molecule has 1 aromatic heterocycles. The summed E-state index contributed by atoms with van der Waals surface area (Å²) in [4.78, 5) is 21.2. The van der Waals surface area contributed by atoms with Crippen LogP contribution in [0.5, 0.6) is 0 Å². The van der Waals surface area contributed by atoms with Crippen LogP contribution in [0.1, 0.15) is 17.5 Å². The Morgan fingerprint density at radius 3 is 2.63 bits per heavy atom. The van der Waals surface area contributed by atoms with Gasteiger partial charge in [0.25, 0.3) is 0 Å². The van der Waals surface area contributed by atoms with E-state index in [9.17, 15) is 4.79 Å². The van der Waals surface area contributed by atoms with Gasteiger partial charge in [-0.3, -0.25) is 4.79 Å². The summed E-state index contributed by atoms with van der Waals surface area (Å²) < 4.78 is 0. The molecule has 0 radical (unpaired) electrons. The van der Waals surface area contributed by atoms with Crippen LogP contribution in [0.2, 0.25) is 0 Å². The van der Waals surface area contributed by atoms with Crippen LogP contribution in [0, 0.1) is 0 Å². The molecule has 0 unspecified atom stereocenters. The first-order valence-corrected chi connectivity index (χ1v) is 10.2. The molecule has 0 fully saturated rings. The lowest BCUT2D eigenvalue weighted by molar-refractivity contribution is -0.117. The third-order valence-corrected chi connectivity index (χ3v) is 6.33. The van der Waals surface area contributed by atoms with Crippen molar-refractivity contribution in [3.63, 3.8) is 0 Å². The first-order chi connectivity index (χ1) is 13.1. The number of anilines is 2. The summed E-state index contributed by atoms with van der Waals surface area (Å²) in [6, 6.07) is 12.9. The molecule has 0 aliphatic carbocycles. The van der Waals surface area contributed by atoms with E-state index in [1.807, 2.05) is 19.0 Å². The molecular formula is C22H21N3OS. The van der Waals surface area contributed by atoms with Gasteiger partial charge in [-0.1, -0.05) is 0 Å². The number of thiazole rings is 1. The monoisotopic (exact) mass is 375 g/mol. The Bertz CT molecular complexity index is 1040. The maximum Gasteiger partial charge on any atom is 0.231 e. The molecule has 3 aromatic rings. The van der Waals surface area contributed by atoms with Gasteiger partial charge in [0.15, 0.2) is 0 Å². The lowest BCUT2D eigenvalue weighted by Crippen LogP contribution is -2.31. The summed E-state index contributed by atoms with van der Waals surface area (Å²) >= 11 is 1.67. The minimum atomic E-state index is 0.239. The zero-order valence-electron chi connectivity index (χ0n) is 15.5. The van der Waals surface area contributed by atoms with Crippen LogP contribution in [0.15, 0.2) is 41.8 Å². The zero-order valence-corrected chi connectivity index (χ0v) is 16.3. The highest BCUT2D eigenvalue weighted by atomic mass is 32.1. The van der Waals surface area contributed by atoms with Crippen molar-refractivity contribution in [1.29, 1.82) is 0 Å². The molecule has 0 atom stereocenters. The molecule has 136 valence electrons. The van der Waals surface area contributed by atoms with Crippen molar-refractivity contribution in [2.45, 2.75) is 19.3 Å². The second-order valence-electron chi connectivity index (χ2n) is 7.45. The van der Waals surface area contributed by atoms with E-state index in [1.165, 1.54) is 16.9 Å². The van der Waals surface area contributed by atoms with Crippen LogP contribution in [0.4, 0.5) is 11.4 Å². The Hall–Kier alpha value is -2.66. The molecule has 4 nitrogen and oxygen atoms in total. The first kappa shape index (κ1) is 16.5. The number of carbonyl (C=O) groups is 1. The number of aryl methyl sites for hydroxylation is 1. The number of nitrogens with zero attached hydrogens (tertiary/aromatic N) is 3. The lowest BCUT2D eigenvalue weighted by Gasteiger charge is -2.25. The third-order valence-electron chi connectivity index (χ3n) is 5.44. The van der Waals surface area contributed by atoms with Gasteiger partial charge >= 0.3 is 0 Å². The standard InChI is InChI=1S/C22H21N3OS/c1-24(2)18-7-5-14(6-8-18)22-23-19(13-27-22)16-10-15-4-3-9-25-20(26)12-17(11-16)21(15)25/h5-8,10-11,13H,3-4,9,12H2,1-2H3. The van der Waals surface area contributed by atoms with Crippen LogP contribution in [-0.4, -0.2) is 31.5 Å². The summed E-state index contributed by atoms with van der Waals surface area (Å²) in [5.74, 6) is 0.239. The minimum absolute atomic E-state index is 0.239. The fraction of sp³-hybridized carbons (Fsp3) is 0.273. The highest BCUT2D eigenvalue weighted by Crippen LogP contribution is 2.40. The quantitative estimate of drug-likeness (QED) is 0.682. The van der Waals surface area contributed by atoms with Crippen molar-refractivity contribution in [3.8, 4) is 21.8 Å². The summed E-state index contributed by atoms with van der Waals surface area (Å²) in [7, 11) is 4.09. The minimum Gasteiger partial charge on any atom is -0.378 e. The number of hydrogen-bond donors (Lipinski definition) is 0. The molecule has 3 heterocycles. The molecule has 0 saturated heterocycles. The smallest absolute Gasteiger partial charge is 0.231 e. The predicted octanol–water partition coefficient (Wildman–Crippen LogP) is 4.38. The van der Waals surface area contributed by atoms with E-state index in [0.717, 1.165) is 46.8 Å². The number of benzene rings is 2. The summed E-state index contributed by atoms with van der Waals surface area (Å²) in [6.07, 6.45) is 2.62. The van der Waals surface area contributed by atoms with Crippen molar-refractivity contribution < 1.29 is 4.79 Å². The van der Waals surface area contributed by atoms with E-state index >= 15 is 0 Å². The van der Waals surface area contributed by atoms with Gasteiger partial charge in [0.1, 0.15) is 5.01 Å². The van der Waals surface area contributed by atoms with Gasteiger partial charge in [0.05, 0.1) is 17.8 Å². The molecule has 27 heavy (non-hydrogen) atoms. The van der Waals surface area contributed by atoms with E-state index in [-0.39, 0.29) is 5.91 Å². The topological polar surface area (TPSA) is 36.4 Å². The molecule has 0 saturated carbocycles. The Kier molecular flexibility index (Phi) is 3.79. The van der Waals surface area contributed by atoms with Gasteiger partial charge in [0, 0.05) is 42.8 Å². The van der Waals surface area contributed by atoms with E-state index in [4.69, 9.17) is 4.98 Å². The number of amides is 1. The lowest BCUT2D eigenvalue weighted by atomic mass is 9.96. The van der Waals surface area contributed by atoms with E-state index < -0.39 is 0 Å². The van der Waals surface area contributed by atoms with E-state index in [0.29, 0.717) is 6.42 Å². The third kappa shape index (κ3) is 2.73. The van der Waals surface area contributed by atoms with Gasteiger partial charge in [-0.05, 0) is 60.4 Å². The van der Waals surface area contributed by atoms with Gasteiger partial charge in [-0.15, -0.1) is 11.3 Å². The van der Waals surface area contributed by atoms with Crippen molar-refractivity contribution in [1.82, 2.24) is 4.98 Å². The highest BCUT2D eigenvalue weighted by molar-refractivity contribution is 7.13. The summed E-state index contributed by atoms with van der Waals surface area (Å²) in [6.45, 7) is 0.863. The SMILES string of the molecule is CN(C)c1ccc(-c2nc(-c3cc4c5c(c3)CC(=O)N5CCC4)cs2)cc1. The van der Waals surface area contributed by atoms with Crippen LogP contribution in [-0.2, 0) is 17.6 Å². The average Bonchev–Trinajstić information content (AvgIpc) is 3.28. The predicted molar refractivity (Wildman–Crippen MR) is 112 cm³/mol. The number of aromatic nitrogens is 1. The molecule has 5 heteroatoms. The average molecular weight is 375 g/mol. The van der Waals surface area contributed by atoms with E-state index in [1.54, 1.807) is 11.3 Å². The maximum absolute atomic E-state index is 12.3. The van der Waals surface area contributed by atoms with Gasteiger partial charge in [-0.25, -0.2) is 4.98 Å². The Morgan fingerprint density at radius 1 is 1.07 bits per heavy atom. The number of hydrogen-bond acceptors (Lipinski definition) is 4. The van der Waals surface area contributed by atoms with Crippen molar-refractivity contribution >= 4 is 28.6 Å². The van der Waals surface area contributed by atoms with Gasteiger partial charge < -0.3 is 9.80 Å². The largest absolute Gasteiger partial charge is 0.378 e. The Morgan fingerprint density at radius 2 is 1.85 bits per heavy atom. The van der Waals surface area contributed by atoms with Crippen molar-refractivity contribution in [2.75, 3.05) is 30.4 Å². The molecule has 0 N–H and O–H groups in total. The fourth-order valence-corrected chi connectivity index (χ4v) is 4.90. The van der Waals surface area contributed by atoms with Crippen LogP contribution < -0.4 is 9.80 Å². The molecule has 0 spiro atoms. The second-order valence-corrected chi connectivity index (χ2v) is 8.31. The summed E-state index contributed by atoms with van der Waals surface area (Å²) in [5, 5.41) is 3.16. The fourth-order valence-electron chi connectivity index (χ4n) is 4.07. The summed E-state index contributed by atoms with van der Waals surface area (Å²) in [5.41, 5.74) is 8.09. The Balaban J connectivity index is 1.50. The van der Waals surface area contributed by atoms with Crippen molar-refractivity contribution in [3.05, 3.63) is 52.9 Å². The van der Waals surface area contributed by atoms with Crippen LogP contribution in [0.25, 0.3) is 21.8 Å². The zero-order chi connectivity index (χ0) is 18.5. The molecule has 2 aromatic carbocycles. The number of carbonyl (C=O) groups excluding carboxylic acids is 1. The van der Waals surface area contributed by atoms with E-state index in [2.05, 4.69) is 46.7 Å². The molecule has 2 aliphatic rings. The van der Waals surface area contributed by atoms with Crippen LogP contribution in [0.3, 0.4) is 0 Å². The molecule has 5 rings (SSSR count).